The molecule has 0 aliphatic carbocycles. The van der Waals surface area contributed by atoms with Crippen molar-refractivity contribution in [3.63, 3.8) is 0 Å². The summed E-state index contributed by atoms with van der Waals surface area (Å²) in [6.45, 7) is 0.592. The fourth-order valence-corrected chi connectivity index (χ4v) is 1.79. The van der Waals surface area contributed by atoms with Crippen LogP contribution in [-0.2, 0) is 9.53 Å². The minimum atomic E-state index is -0.222. The number of hydrogen-bond donors (Lipinski definition) is 1. The van der Waals surface area contributed by atoms with E-state index in [0.29, 0.717) is 6.54 Å². The highest BCUT2D eigenvalue weighted by atomic mass is 16.5. The summed E-state index contributed by atoms with van der Waals surface area (Å²) < 4.78 is 9.87. The van der Waals surface area contributed by atoms with Crippen LogP contribution in [0.1, 0.15) is 11.5 Å². The van der Waals surface area contributed by atoms with E-state index in [1.54, 1.807) is 7.11 Å². The molecule has 0 aromatic heterocycles. The van der Waals surface area contributed by atoms with Gasteiger partial charge in [-0.1, -0.05) is 0 Å². The van der Waals surface area contributed by atoms with Crippen molar-refractivity contribution >= 4 is 11.7 Å². The van der Waals surface area contributed by atoms with E-state index in [-0.39, 0.29) is 11.9 Å². The van der Waals surface area contributed by atoms with Gasteiger partial charge in [0.1, 0.15) is 11.7 Å². The van der Waals surface area contributed by atoms with Crippen molar-refractivity contribution in [1.82, 2.24) is 0 Å². The van der Waals surface area contributed by atoms with E-state index in [1.165, 1.54) is 7.11 Å². The van der Waals surface area contributed by atoms with Gasteiger partial charge in [0.2, 0.25) is 0 Å². The fraction of sp³-hybridized carbons (Fsp3) is 0.364. The first-order valence-electron chi connectivity index (χ1n) is 4.76. The molecule has 1 atom stereocenters. The van der Waals surface area contributed by atoms with E-state index in [9.17, 15) is 4.79 Å². The smallest absolute Gasteiger partial charge is 0.315 e. The Morgan fingerprint density at radius 2 is 2.27 bits per heavy atom. The monoisotopic (exact) mass is 207 g/mol. The molecule has 1 aromatic carbocycles. The van der Waals surface area contributed by atoms with Gasteiger partial charge in [-0.2, -0.15) is 0 Å². The maximum Gasteiger partial charge on any atom is 0.315 e. The van der Waals surface area contributed by atoms with E-state index in [4.69, 9.17) is 9.47 Å². The summed E-state index contributed by atoms with van der Waals surface area (Å²) in [4.78, 5) is 11.5. The number of hydrogen-bond acceptors (Lipinski definition) is 4. The van der Waals surface area contributed by atoms with Crippen LogP contribution >= 0.6 is 0 Å². The minimum Gasteiger partial charge on any atom is -0.497 e. The van der Waals surface area contributed by atoms with Crippen LogP contribution in [0.2, 0.25) is 0 Å². The minimum absolute atomic E-state index is 0.213. The van der Waals surface area contributed by atoms with E-state index in [2.05, 4.69) is 5.32 Å². The predicted molar refractivity (Wildman–Crippen MR) is 56.2 cm³/mol. The number of anilines is 1. The maximum absolute atomic E-state index is 11.5. The van der Waals surface area contributed by atoms with Gasteiger partial charge >= 0.3 is 5.97 Å². The van der Waals surface area contributed by atoms with E-state index < -0.39 is 0 Å². The van der Waals surface area contributed by atoms with Crippen LogP contribution in [0.25, 0.3) is 0 Å². The fourth-order valence-electron chi connectivity index (χ4n) is 1.79. The van der Waals surface area contributed by atoms with Crippen LogP contribution in [0, 0.1) is 0 Å². The Morgan fingerprint density at radius 3 is 2.93 bits per heavy atom. The third kappa shape index (κ3) is 1.63. The van der Waals surface area contributed by atoms with Gasteiger partial charge in [0, 0.05) is 12.2 Å². The second-order valence-electron chi connectivity index (χ2n) is 3.41. The molecule has 0 spiro atoms. The lowest BCUT2D eigenvalue weighted by molar-refractivity contribution is -0.141. The van der Waals surface area contributed by atoms with Crippen molar-refractivity contribution in [2.75, 3.05) is 26.1 Å². The first-order valence-corrected chi connectivity index (χ1v) is 4.76. The summed E-state index contributed by atoms with van der Waals surface area (Å²) in [5.74, 6) is 0.320. The summed E-state index contributed by atoms with van der Waals surface area (Å²) in [6, 6.07) is 5.65. The first kappa shape index (κ1) is 9.83. The Labute approximate surface area is 88.2 Å². The number of methoxy groups -OCH3 is 2. The molecule has 1 N–H and O–H groups in total. The summed E-state index contributed by atoms with van der Waals surface area (Å²) in [6.07, 6.45) is 0. The molecular formula is C11H13NO3. The molecule has 1 aliphatic heterocycles. The van der Waals surface area contributed by atoms with Crippen molar-refractivity contribution in [2.24, 2.45) is 0 Å². The van der Waals surface area contributed by atoms with Gasteiger partial charge < -0.3 is 14.8 Å². The molecule has 0 bridgehead atoms. The zero-order valence-corrected chi connectivity index (χ0v) is 8.74. The van der Waals surface area contributed by atoms with Gasteiger partial charge in [-0.3, -0.25) is 4.79 Å². The molecule has 0 saturated heterocycles. The number of rotatable bonds is 2. The molecule has 2 rings (SSSR count). The number of carbonyl (C=O) groups is 1. The molecule has 1 unspecified atom stereocenters. The van der Waals surface area contributed by atoms with Crippen molar-refractivity contribution in [1.29, 1.82) is 0 Å². The number of carbonyl (C=O) groups excluding carboxylic acids is 1. The Balaban J connectivity index is 2.35. The summed E-state index contributed by atoms with van der Waals surface area (Å²) in [7, 11) is 3.01. The summed E-state index contributed by atoms with van der Waals surface area (Å²) in [5, 5.41) is 3.16. The van der Waals surface area contributed by atoms with Crippen LogP contribution in [0.4, 0.5) is 5.69 Å². The van der Waals surface area contributed by atoms with E-state index in [0.717, 1.165) is 17.0 Å². The summed E-state index contributed by atoms with van der Waals surface area (Å²) in [5.41, 5.74) is 1.92. The van der Waals surface area contributed by atoms with Crippen molar-refractivity contribution in [3.8, 4) is 5.75 Å². The topological polar surface area (TPSA) is 47.6 Å². The molecule has 1 heterocycles. The average Bonchev–Trinajstić information content (AvgIpc) is 2.70. The third-order valence-electron chi connectivity index (χ3n) is 2.62. The van der Waals surface area contributed by atoms with Crippen LogP contribution in [0.15, 0.2) is 18.2 Å². The second-order valence-corrected chi connectivity index (χ2v) is 3.41. The van der Waals surface area contributed by atoms with Crippen molar-refractivity contribution in [2.45, 2.75) is 5.92 Å². The van der Waals surface area contributed by atoms with Crippen molar-refractivity contribution in [3.05, 3.63) is 23.8 Å². The molecule has 4 heteroatoms. The van der Waals surface area contributed by atoms with Gasteiger partial charge in [-0.15, -0.1) is 0 Å². The van der Waals surface area contributed by atoms with E-state index >= 15 is 0 Å². The van der Waals surface area contributed by atoms with Crippen LogP contribution in [-0.4, -0.2) is 26.7 Å². The van der Waals surface area contributed by atoms with Crippen LogP contribution in [0.5, 0.6) is 5.75 Å². The molecule has 80 valence electrons. The van der Waals surface area contributed by atoms with Crippen LogP contribution < -0.4 is 10.1 Å². The highest BCUT2D eigenvalue weighted by molar-refractivity contribution is 5.84. The summed E-state index contributed by atoms with van der Waals surface area (Å²) >= 11 is 0. The zero-order valence-electron chi connectivity index (χ0n) is 8.74. The predicted octanol–water partition coefficient (Wildman–Crippen LogP) is 1.38. The van der Waals surface area contributed by atoms with Gasteiger partial charge in [-0.05, 0) is 23.8 Å². The van der Waals surface area contributed by atoms with Gasteiger partial charge in [0.15, 0.2) is 0 Å². The maximum atomic E-state index is 11.5. The third-order valence-corrected chi connectivity index (χ3v) is 2.62. The normalized spacial score (nSPS) is 17.9. The molecule has 0 amide bonds. The molecule has 1 aromatic rings. The molecular weight excluding hydrogens is 194 g/mol. The number of nitrogens with one attached hydrogen (secondary N) is 1. The molecule has 1 aliphatic rings. The van der Waals surface area contributed by atoms with E-state index in [1.807, 2.05) is 18.2 Å². The molecule has 0 radical (unpaired) electrons. The lowest BCUT2D eigenvalue weighted by Crippen LogP contribution is -2.15. The standard InChI is InChI=1S/C11H13NO3/c1-14-7-3-4-10-8(5-7)9(6-12-10)11(13)15-2/h3-5,9,12H,6H2,1-2H3. The average molecular weight is 207 g/mol. The number of fused-ring (bicyclic) bond motifs is 1. The number of benzene rings is 1. The Hall–Kier alpha value is -1.71. The van der Waals surface area contributed by atoms with Gasteiger partial charge in [0.05, 0.1) is 14.2 Å². The largest absolute Gasteiger partial charge is 0.497 e. The quantitative estimate of drug-likeness (QED) is 0.744. The Morgan fingerprint density at radius 1 is 1.47 bits per heavy atom. The molecule has 4 nitrogen and oxygen atoms in total. The Bertz CT molecular complexity index is 389. The SMILES string of the molecule is COC(=O)C1CNc2ccc(OC)cc21. The second kappa shape index (κ2) is 3.81. The number of esters is 1. The lowest BCUT2D eigenvalue weighted by Gasteiger charge is -2.08. The lowest BCUT2D eigenvalue weighted by atomic mass is 10.0. The van der Waals surface area contributed by atoms with Crippen molar-refractivity contribution < 1.29 is 14.3 Å². The van der Waals surface area contributed by atoms with Gasteiger partial charge in [-0.25, -0.2) is 0 Å². The molecule has 0 saturated carbocycles. The van der Waals surface area contributed by atoms with Crippen LogP contribution in [0.3, 0.4) is 0 Å². The molecule has 15 heavy (non-hydrogen) atoms. The highest BCUT2D eigenvalue weighted by Gasteiger charge is 2.29. The molecule has 0 fully saturated rings. The Kier molecular flexibility index (Phi) is 2.49. The van der Waals surface area contributed by atoms with Gasteiger partial charge in [0.25, 0.3) is 0 Å². The zero-order chi connectivity index (χ0) is 10.8. The number of ether oxygens (including phenoxy) is 2. The highest BCUT2D eigenvalue weighted by Crippen LogP contribution is 2.34. The first-order chi connectivity index (χ1) is 7.26.